The Labute approximate surface area is 228 Å². The molecule has 0 radical (unpaired) electrons. The monoisotopic (exact) mass is 561 g/mol. The Balaban J connectivity index is 2.07. The van der Waals surface area contributed by atoms with Crippen LogP contribution in [-0.2, 0) is 32.6 Å². The molecule has 0 spiro atoms. The van der Waals surface area contributed by atoms with Crippen LogP contribution < -0.4 is 9.62 Å². The Bertz CT molecular complexity index is 1370. The molecule has 0 aliphatic rings. The number of carbonyl (C=O) groups is 2. The highest BCUT2D eigenvalue weighted by Crippen LogP contribution is 2.31. The van der Waals surface area contributed by atoms with E-state index in [0.29, 0.717) is 0 Å². The Morgan fingerprint density at radius 3 is 2.24 bits per heavy atom. The van der Waals surface area contributed by atoms with E-state index < -0.39 is 28.5 Å². The standard InChI is InChI=1S/C27H29Cl2N3O4S/c1-19-9-7-8-12-21(19)17-31(25(27(34)30-2)15-20-10-5-4-6-11-20)26(33)18-32(37(3,35)36)24-16-22(28)13-14-23(24)29/h4-14,16,25H,15,17-18H2,1-3H3,(H,30,34)/t25-/m1/s1. The molecule has 37 heavy (non-hydrogen) atoms. The number of rotatable bonds is 10. The first-order chi connectivity index (χ1) is 17.5. The van der Waals surface area contributed by atoms with Crippen molar-refractivity contribution >= 4 is 50.7 Å². The minimum Gasteiger partial charge on any atom is -0.357 e. The topological polar surface area (TPSA) is 86.8 Å². The maximum absolute atomic E-state index is 13.9. The summed E-state index contributed by atoms with van der Waals surface area (Å²) in [5.41, 5.74) is 2.72. The van der Waals surface area contributed by atoms with Gasteiger partial charge < -0.3 is 10.2 Å². The second kappa shape index (κ2) is 12.4. The maximum Gasteiger partial charge on any atom is 0.244 e. The lowest BCUT2D eigenvalue weighted by Gasteiger charge is -2.33. The van der Waals surface area contributed by atoms with Gasteiger partial charge in [-0.25, -0.2) is 8.42 Å². The van der Waals surface area contributed by atoms with Gasteiger partial charge in [0.1, 0.15) is 12.6 Å². The van der Waals surface area contributed by atoms with Crippen molar-refractivity contribution in [3.8, 4) is 0 Å². The molecule has 0 saturated carbocycles. The van der Waals surface area contributed by atoms with Crippen molar-refractivity contribution < 1.29 is 18.0 Å². The lowest BCUT2D eigenvalue weighted by Crippen LogP contribution is -2.53. The zero-order valence-electron chi connectivity index (χ0n) is 20.8. The van der Waals surface area contributed by atoms with Gasteiger partial charge in [-0.15, -0.1) is 0 Å². The highest BCUT2D eigenvalue weighted by Gasteiger charge is 2.33. The molecular weight excluding hydrogens is 533 g/mol. The number of nitrogens with one attached hydrogen (secondary N) is 1. The molecule has 1 atom stereocenters. The molecule has 3 aromatic rings. The molecule has 0 aliphatic heterocycles. The van der Waals surface area contributed by atoms with E-state index in [2.05, 4.69) is 5.32 Å². The van der Waals surface area contributed by atoms with E-state index in [0.717, 1.165) is 27.3 Å². The maximum atomic E-state index is 13.9. The first-order valence-corrected chi connectivity index (χ1v) is 14.1. The quantitative estimate of drug-likeness (QED) is 0.396. The predicted octanol–water partition coefficient (Wildman–Crippen LogP) is 4.45. The molecule has 10 heteroatoms. The third-order valence-corrected chi connectivity index (χ3v) is 7.66. The summed E-state index contributed by atoms with van der Waals surface area (Å²) in [4.78, 5) is 28.4. The van der Waals surface area contributed by atoms with Crippen LogP contribution in [0.4, 0.5) is 5.69 Å². The molecule has 7 nitrogen and oxygen atoms in total. The van der Waals surface area contributed by atoms with Gasteiger partial charge >= 0.3 is 0 Å². The van der Waals surface area contributed by atoms with Crippen molar-refractivity contribution in [1.29, 1.82) is 0 Å². The molecular formula is C27H29Cl2N3O4S. The fraction of sp³-hybridized carbons (Fsp3) is 0.259. The third-order valence-electron chi connectivity index (χ3n) is 5.98. The average molecular weight is 563 g/mol. The van der Waals surface area contributed by atoms with Gasteiger partial charge in [0.05, 0.1) is 17.0 Å². The molecule has 0 unspecified atom stereocenters. The van der Waals surface area contributed by atoms with E-state index in [9.17, 15) is 18.0 Å². The van der Waals surface area contributed by atoms with Crippen LogP contribution in [0.15, 0.2) is 72.8 Å². The van der Waals surface area contributed by atoms with Gasteiger partial charge in [-0.3, -0.25) is 13.9 Å². The van der Waals surface area contributed by atoms with E-state index in [1.54, 1.807) is 0 Å². The minimum atomic E-state index is -3.94. The summed E-state index contributed by atoms with van der Waals surface area (Å²) in [5.74, 6) is -0.924. The molecule has 1 N–H and O–H groups in total. The molecule has 3 aromatic carbocycles. The van der Waals surface area contributed by atoms with Gasteiger partial charge in [-0.2, -0.15) is 0 Å². The van der Waals surface area contributed by atoms with Gasteiger partial charge in [0.2, 0.25) is 21.8 Å². The number of amides is 2. The van der Waals surface area contributed by atoms with Crippen molar-refractivity contribution in [2.75, 3.05) is 24.2 Å². The van der Waals surface area contributed by atoms with Crippen LogP contribution in [0.25, 0.3) is 0 Å². The summed E-state index contributed by atoms with van der Waals surface area (Å²) >= 11 is 12.4. The number of nitrogens with zero attached hydrogens (tertiary/aromatic N) is 2. The van der Waals surface area contributed by atoms with E-state index in [1.807, 2.05) is 61.5 Å². The average Bonchev–Trinajstić information content (AvgIpc) is 2.86. The first-order valence-electron chi connectivity index (χ1n) is 11.5. The van der Waals surface area contributed by atoms with Crippen molar-refractivity contribution in [2.24, 2.45) is 0 Å². The fourth-order valence-corrected chi connectivity index (χ4v) is 5.25. The van der Waals surface area contributed by atoms with Crippen LogP contribution in [0.2, 0.25) is 10.0 Å². The van der Waals surface area contributed by atoms with Crippen molar-refractivity contribution in [3.05, 3.63) is 99.5 Å². The van der Waals surface area contributed by atoms with E-state index in [4.69, 9.17) is 23.2 Å². The highest BCUT2D eigenvalue weighted by atomic mass is 35.5. The number of anilines is 1. The zero-order chi connectivity index (χ0) is 27.2. The Hall–Kier alpha value is -3.07. The molecule has 2 amide bonds. The molecule has 0 saturated heterocycles. The fourth-order valence-electron chi connectivity index (χ4n) is 3.96. The van der Waals surface area contributed by atoms with Crippen LogP contribution in [0.3, 0.4) is 0 Å². The third kappa shape index (κ3) is 7.47. The van der Waals surface area contributed by atoms with Crippen LogP contribution in [0.1, 0.15) is 16.7 Å². The summed E-state index contributed by atoms with van der Waals surface area (Å²) in [5, 5.41) is 3.04. The lowest BCUT2D eigenvalue weighted by atomic mass is 10.0. The number of carbonyl (C=O) groups excluding carboxylic acids is 2. The summed E-state index contributed by atoms with van der Waals surface area (Å²) in [6.07, 6.45) is 1.23. The highest BCUT2D eigenvalue weighted by molar-refractivity contribution is 7.92. The van der Waals surface area contributed by atoms with Crippen LogP contribution >= 0.6 is 23.2 Å². The largest absolute Gasteiger partial charge is 0.357 e. The van der Waals surface area contributed by atoms with Crippen molar-refractivity contribution in [2.45, 2.75) is 25.9 Å². The van der Waals surface area contributed by atoms with E-state index >= 15 is 0 Å². The van der Waals surface area contributed by atoms with Gasteiger partial charge in [0.15, 0.2) is 0 Å². The Kier molecular flexibility index (Phi) is 9.59. The van der Waals surface area contributed by atoms with Gasteiger partial charge in [0.25, 0.3) is 0 Å². The number of sulfonamides is 1. The van der Waals surface area contributed by atoms with Crippen molar-refractivity contribution in [3.63, 3.8) is 0 Å². The SMILES string of the molecule is CNC(=O)[C@@H](Cc1ccccc1)N(Cc1ccccc1C)C(=O)CN(c1cc(Cl)ccc1Cl)S(C)(=O)=O. The molecule has 3 rings (SSSR count). The molecule has 0 aliphatic carbocycles. The van der Waals surface area contributed by atoms with E-state index in [-0.39, 0.29) is 34.6 Å². The van der Waals surface area contributed by atoms with Gasteiger partial charge in [-0.05, 0) is 41.8 Å². The molecule has 0 heterocycles. The number of hydrogen-bond donors (Lipinski definition) is 1. The van der Waals surface area contributed by atoms with Crippen LogP contribution in [0.5, 0.6) is 0 Å². The lowest BCUT2D eigenvalue weighted by molar-refractivity contribution is -0.139. The van der Waals surface area contributed by atoms with E-state index in [1.165, 1.54) is 30.1 Å². The number of aryl methyl sites for hydroxylation is 1. The van der Waals surface area contributed by atoms with Crippen LogP contribution in [-0.4, -0.2) is 51.0 Å². The smallest absolute Gasteiger partial charge is 0.244 e. The number of halogens is 2. The molecule has 0 fully saturated rings. The summed E-state index contributed by atoms with van der Waals surface area (Å²) < 4.78 is 26.5. The normalized spacial score (nSPS) is 12.0. The van der Waals surface area contributed by atoms with Crippen molar-refractivity contribution in [1.82, 2.24) is 10.2 Å². The first kappa shape index (κ1) is 28.5. The van der Waals surface area contributed by atoms with Gasteiger partial charge in [-0.1, -0.05) is 77.8 Å². The second-order valence-corrected chi connectivity index (χ2v) is 11.4. The minimum absolute atomic E-state index is 0.0837. The molecule has 0 bridgehead atoms. The zero-order valence-corrected chi connectivity index (χ0v) is 23.1. The Morgan fingerprint density at radius 1 is 0.973 bits per heavy atom. The predicted molar refractivity (Wildman–Crippen MR) is 148 cm³/mol. The van der Waals surface area contributed by atoms with Gasteiger partial charge in [0, 0.05) is 25.0 Å². The number of benzene rings is 3. The second-order valence-electron chi connectivity index (χ2n) is 8.63. The summed E-state index contributed by atoms with van der Waals surface area (Å²) in [6, 6.07) is 20.4. The summed E-state index contributed by atoms with van der Waals surface area (Å²) in [7, 11) is -2.43. The molecule has 0 aromatic heterocycles. The number of likely N-dealkylation sites (N-methyl/N-ethyl adjacent to an activating group) is 1. The summed E-state index contributed by atoms with van der Waals surface area (Å²) in [6.45, 7) is 1.46. The molecule has 196 valence electrons. The Morgan fingerprint density at radius 2 is 1.62 bits per heavy atom. The number of hydrogen-bond acceptors (Lipinski definition) is 4. The van der Waals surface area contributed by atoms with Crippen LogP contribution in [0, 0.1) is 6.92 Å².